The van der Waals surface area contributed by atoms with Crippen molar-refractivity contribution in [3.8, 4) is 0 Å². The molecule has 1 unspecified atom stereocenters. The zero-order chi connectivity index (χ0) is 15.5. The fraction of sp³-hybridized carbons (Fsp3) is 0.824. The highest BCUT2D eigenvalue weighted by atomic mass is 15.3. The molecule has 1 aliphatic rings. The molecule has 4 heteroatoms. The second-order valence-corrected chi connectivity index (χ2v) is 7.17. The van der Waals surface area contributed by atoms with E-state index in [0.29, 0.717) is 12.1 Å². The Morgan fingerprint density at radius 1 is 1.33 bits per heavy atom. The first-order chi connectivity index (χ1) is 9.95. The van der Waals surface area contributed by atoms with Crippen LogP contribution < -0.4 is 5.32 Å². The summed E-state index contributed by atoms with van der Waals surface area (Å²) in [7, 11) is 6.34. The highest BCUT2D eigenvalue weighted by Gasteiger charge is 2.31. The predicted octanol–water partition coefficient (Wildman–Crippen LogP) is 2.86. The van der Waals surface area contributed by atoms with Crippen molar-refractivity contribution in [2.75, 3.05) is 21.1 Å². The van der Waals surface area contributed by atoms with Crippen molar-refractivity contribution in [3.63, 3.8) is 0 Å². The number of nitrogens with one attached hydrogen (secondary N) is 1. The van der Waals surface area contributed by atoms with Gasteiger partial charge in [-0.05, 0) is 53.9 Å². The van der Waals surface area contributed by atoms with Gasteiger partial charge in [0, 0.05) is 24.2 Å². The summed E-state index contributed by atoms with van der Waals surface area (Å²) in [6.45, 7) is 4.57. The summed E-state index contributed by atoms with van der Waals surface area (Å²) < 4.78 is 2.21. The van der Waals surface area contributed by atoms with Crippen molar-refractivity contribution in [1.82, 2.24) is 20.0 Å². The molecular formula is C17H32N4. The van der Waals surface area contributed by atoms with Crippen molar-refractivity contribution >= 4 is 0 Å². The Labute approximate surface area is 129 Å². The lowest BCUT2D eigenvalue weighted by Crippen LogP contribution is -2.55. The van der Waals surface area contributed by atoms with E-state index < -0.39 is 0 Å². The molecule has 1 saturated carbocycles. The van der Waals surface area contributed by atoms with Crippen molar-refractivity contribution in [2.45, 2.75) is 70.0 Å². The number of aromatic nitrogens is 2. The number of hydrogen-bond acceptors (Lipinski definition) is 3. The molecule has 21 heavy (non-hydrogen) atoms. The van der Waals surface area contributed by atoms with Crippen LogP contribution in [0.5, 0.6) is 0 Å². The quantitative estimate of drug-likeness (QED) is 0.875. The maximum Gasteiger partial charge on any atom is 0.0640 e. The average molecular weight is 292 g/mol. The summed E-state index contributed by atoms with van der Waals surface area (Å²) >= 11 is 0. The number of nitrogens with zero attached hydrogens (tertiary/aromatic N) is 3. The molecule has 0 spiro atoms. The highest BCUT2D eigenvalue weighted by molar-refractivity contribution is 5.06. The van der Waals surface area contributed by atoms with E-state index in [1.807, 2.05) is 7.05 Å². The maximum atomic E-state index is 4.85. The Morgan fingerprint density at radius 3 is 2.57 bits per heavy atom. The van der Waals surface area contributed by atoms with Crippen LogP contribution >= 0.6 is 0 Å². The van der Waals surface area contributed by atoms with Gasteiger partial charge in [0.2, 0.25) is 0 Å². The molecule has 0 saturated heterocycles. The summed E-state index contributed by atoms with van der Waals surface area (Å²) in [5.74, 6) is 0. The molecule has 0 radical (unpaired) electrons. The van der Waals surface area contributed by atoms with Crippen LogP contribution in [0.1, 0.15) is 57.7 Å². The van der Waals surface area contributed by atoms with E-state index in [9.17, 15) is 0 Å². The summed E-state index contributed by atoms with van der Waals surface area (Å²) in [5.41, 5.74) is 1.30. The van der Waals surface area contributed by atoms with E-state index in [-0.39, 0.29) is 5.54 Å². The van der Waals surface area contributed by atoms with E-state index in [2.05, 4.69) is 55.1 Å². The molecule has 1 aliphatic carbocycles. The molecule has 1 heterocycles. The Balaban J connectivity index is 2.03. The van der Waals surface area contributed by atoms with Crippen molar-refractivity contribution in [1.29, 1.82) is 0 Å². The monoisotopic (exact) mass is 292 g/mol. The SMILES string of the molecule is CNC(Cc1ccn(C2CCCCC2)n1)C(C)(C)N(C)C. The van der Waals surface area contributed by atoms with Gasteiger partial charge in [0.1, 0.15) is 0 Å². The number of rotatable bonds is 6. The first-order valence-electron chi connectivity index (χ1n) is 8.34. The molecule has 1 atom stereocenters. The molecule has 0 aliphatic heterocycles. The molecule has 1 N–H and O–H groups in total. The molecule has 0 amide bonds. The predicted molar refractivity (Wildman–Crippen MR) is 88.7 cm³/mol. The third-order valence-electron chi connectivity index (χ3n) is 5.38. The highest BCUT2D eigenvalue weighted by Crippen LogP contribution is 2.27. The van der Waals surface area contributed by atoms with E-state index in [1.165, 1.54) is 37.8 Å². The smallest absolute Gasteiger partial charge is 0.0640 e. The van der Waals surface area contributed by atoms with E-state index in [1.54, 1.807) is 0 Å². The zero-order valence-corrected chi connectivity index (χ0v) is 14.4. The van der Waals surface area contributed by atoms with Gasteiger partial charge in [-0.1, -0.05) is 19.3 Å². The van der Waals surface area contributed by atoms with Gasteiger partial charge in [-0.3, -0.25) is 4.68 Å². The number of likely N-dealkylation sites (N-methyl/N-ethyl adjacent to an activating group) is 2. The lowest BCUT2D eigenvalue weighted by molar-refractivity contribution is 0.141. The molecule has 0 bridgehead atoms. The average Bonchev–Trinajstić information content (AvgIpc) is 2.94. The molecular weight excluding hydrogens is 260 g/mol. The second-order valence-electron chi connectivity index (χ2n) is 7.17. The van der Waals surface area contributed by atoms with Crippen LogP contribution in [0.2, 0.25) is 0 Å². The van der Waals surface area contributed by atoms with Crippen LogP contribution in [-0.2, 0) is 6.42 Å². The summed E-state index contributed by atoms with van der Waals surface area (Å²) in [4.78, 5) is 2.28. The summed E-state index contributed by atoms with van der Waals surface area (Å²) in [6.07, 6.45) is 9.84. The largest absolute Gasteiger partial charge is 0.315 e. The molecule has 1 aromatic heterocycles. The molecule has 2 rings (SSSR count). The summed E-state index contributed by atoms with van der Waals surface area (Å²) in [5, 5.41) is 8.32. The first-order valence-corrected chi connectivity index (χ1v) is 8.34. The fourth-order valence-corrected chi connectivity index (χ4v) is 3.26. The van der Waals surface area contributed by atoms with Crippen molar-refractivity contribution in [2.24, 2.45) is 0 Å². The Morgan fingerprint density at radius 2 is 2.00 bits per heavy atom. The van der Waals surface area contributed by atoms with Crippen LogP contribution in [-0.4, -0.2) is 47.4 Å². The maximum absolute atomic E-state index is 4.85. The normalized spacial score (nSPS) is 19.1. The molecule has 120 valence electrons. The van der Waals surface area contributed by atoms with E-state index in [0.717, 1.165) is 6.42 Å². The van der Waals surface area contributed by atoms with Crippen LogP contribution in [0.3, 0.4) is 0 Å². The molecule has 4 nitrogen and oxygen atoms in total. The van der Waals surface area contributed by atoms with Crippen LogP contribution in [0.4, 0.5) is 0 Å². The fourth-order valence-electron chi connectivity index (χ4n) is 3.26. The standard InChI is InChI=1S/C17H32N4/c1-17(2,20(4)5)16(18-3)13-14-11-12-21(19-14)15-9-7-6-8-10-15/h11-12,15-16,18H,6-10,13H2,1-5H3. The van der Waals surface area contributed by atoms with Crippen molar-refractivity contribution < 1.29 is 0 Å². The molecule has 1 aromatic rings. The van der Waals surface area contributed by atoms with Crippen LogP contribution in [0.15, 0.2) is 12.3 Å². The minimum absolute atomic E-state index is 0.101. The van der Waals surface area contributed by atoms with Crippen LogP contribution in [0.25, 0.3) is 0 Å². The number of hydrogen-bond donors (Lipinski definition) is 1. The van der Waals surface area contributed by atoms with Gasteiger partial charge in [-0.15, -0.1) is 0 Å². The lowest BCUT2D eigenvalue weighted by Gasteiger charge is -2.40. The van der Waals surface area contributed by atoms with Gasteiger partial charge in [0.15, 0.2) is 0 Å². The van der Waals surface area contributed by atoms with Gasteiger partial charge in [0.05, 0.1) is 11.7 Å². The Kier molecular flexibility index (Phi) is 5.44. The van der Waals surface area contributed by atoms with Gasteiger partial charge in [-0.2, -0.15) is 5.10 Å². The van der Waals surface area contributed by atoms with E-state index in [4.69, 9.17) is 5.10 Å². The molecule has 1 fully saturated rings. The Hall–Kier alpha value is -0.870. The van der Waals surface area contributed by atoms with Gasteiger partial charge >= 0.3 is 0 Å². The van der Waals surface area contributed by atoms with Crippen LogP contribution in [0, 0.1) is 0 Å². The Bertz CT molecular complexity index is 430. The molecule has 0 aromatic carbocycles. The van der Waals surface area contributed by atoms with Gasteiger partial charge in [0.25, 0.3) is 0 Å². The third kappa shape index (κ3) is 3.86. The third-order valence-corrected chi connectivity index (χ3v) is 5.38. The first kappa shape index (κ1) is 16.5. The summed E-state index contributed by atoms with van der Waals surface area (Å²) in [6, 6.07) is 3.22. The van der Waals surface area contributed by atoms with Gasteiger partial charge < -0.3 is 10.2 Å². The second kappa shape index (κ2) is 6.93. The minimum Gasteiger partial charge on any atom is -0.315 e. The minimum atomic E-state index is 0.101. The lowest BCUT2D eigenvalue weighted by atomic mass is 9.90. The zero-order valence-electron chi connectivity index (χ0n) is 14.4. The topological polar surface area (TPSA) is 33.1 Å². The van der Waals surface area contributed by atoms with Crippen molar-refractivity contribution in [3.05, 3.63) is 18.0 Å². The van der Waals surface area contributed by atoms with E-state index >= 15 is 0 Å². The van der Waals surface area contributed by atoms with Gasteiger partial charge in [-0.25, -0.2) is 0 Å².